The lowest BCUT2D eigenvalue weighted by atomic mass is 9.70. The highest BCUT2D eigenvalue weighted by Crippen LogP contribution is 2.63. The summed E-state index contributed by atoms with van der Waals surface area (Å²) < 4.78 is 0. The normalized spacial score (nSPS) is 16.3. The Morgan fingerprint density at radius 3 is 1.82 bits per heavy atom. The van der Waals surface area contributed by atoms with Gasteiger partial charge >= 0.3 is 0 Å². The molecule has 2 aliphatic carbocycles. The molecule has 0 bridgehead atoms. The zero-order valence-electron chi connectivity index (χ0n) is 27.2. The van der Waals surface area contributed by atoms with Crippen LogP contribution in [0.5, 0.6) is 0 Å². The van der Waals surface area contributed by atoms with E-state index in [9.17, 15) is 0 Å². The molecular weight excluding hydrogens is 607 g/mol. The van der Waals surface area contributed by atoms with Crippen LogP contribution in [0.4, 0.5) is 11.4 Å². The van der Waals surface area contributed by atoms with Crippen molar-refractivity contribution in [3.8, 4) is 55.6 Å². The number of allylic oxidation sites excluding steroid dienone is 2. The summed E-state index contributed by atoms with van der Waals surface area (Å²) >= 11 is 0. The van der Waals surface area contributed by atoms with Crippen LogP contribution in [0.15, 0.2) is 176 Å². The monoisotopic (exact) mass is 637 g/mol. The number of fused-ring (bicyclic) bond motifs is 13. The van der Waals surface area contributed by atoms with Crippen molar-refractivity contribution >= 4 is 11.4 Å². The second-order valence-electron chi connectivity index (χ2n) is 13.6. The Labute approximate surface area is 291 Å². The summed E-state index contributed by atoms with van der Waals surface area (Å²) in [6, 6.07) is 52.0. The highest BCUT2D eigenvalue weighted by molar-refractivity contribution is 5.99. The summed E-state index contributed by atoms with van der Waals surface area (Å²) in [5, 5.41) is 3.82. The summed E-state index contributed by atoms with van der Waals surface area (Å²) in [5.74, 6) is 0. The van der Waals surface area contributed by atoms with Crippen LogP contribution in [0.2, 0.25) is 0 Å². The minimum absolute atomic E-state index is 0.0861. The van der Waals surface area contributed by atoms with E-state index in [4.69, 9.17) is 0 Å². The average Bonchev–Trinajstić information content (AvgIpc) is 3.82. The summed E-state index contributed by atoms with van der Waals surface area (Å²) in [7, 11) is 0. The fraction of sp³-hybridized carbons (Fsp3) is 0.0426. The molecule has 0 saturated heterocycles. The Morgan fingerprint density at radius 1 is 0.500 bits per heavy atom. The molecule has 50 heavy (non-hydrogen) atoms. The molecule has 3 heteroatoms. The lowest BCUT2D eigenvalue weighted by Gasteiger charge is -2.30. The molecule has 1 unspecified atom stereocenters. The molecule has 1 N–H and O–H groups in total. The fourth-order valence-corrected chi connectivity index (χ4v) is 9.02. The van der Waals surface area contributed by atoms with Crippen molar-refractivity contribution in [1.82, 2.24) is 4.98 Å². The van der Waals surface area contributed by atoms with Crippen molar-refractivity contribution < 1.29 is 0 Å². The molecule has 6 aromatic carbocycles. The van der Waals surface area contributed by atoms with Crippen LogP contribution >= 0.6 is 0 Å². The first-order valence-corrected chi connectivity index (χ1v) is 17.3. The SMILES string of the molecule is C1=CC2Nc3c(-c4ccc(-c5cccnc5)cc4)cc(-c4ccc5c(c4)C4(c6ccccc6-c6ccccc64)c4ccccc4-5)cc3N2C=C1. The fourth-order valence-electron chi connectivity index (χ4n) is 9.02. The molecular formula is C47H31N3. The van der Waals surface area contributed by atoms with E-state index < -0.39 is 0 Å². The van der Waals surface area contributed by atoms with Crippen molar-refractivity contribution in [3.63, 3.8) is 0 Å². The van der Waals surface area contributed by atoms with E-state index in [-0.39, 0.29) is 11.6 Å². The van der Waals surface area contributed by atoms with Crippen LogP contribution in [-0.2, 0) is 5.41 Å². The van der Waals surface area contributed by atoms with Gasteiger partial charge < -0.3 is 10.2 Å². The minimum Gasteiger partial charge on any atom is -0.359 e. The van der Waals surface area contributed by atoms with Gasteiger partial charge in [-0.15, -0.1) is 0 Å². The number of anilines is 2. The molecule has 7 aromatic rings. The molecule has 0 amide bonds. The van der Waals surface area contributed by atoms with Gasteiger partial charge in [0.2, 0.25) is 0 Å². The number of nitrogens with one attached hydrogen (secondary N) is 1. The molecule has 0 saturated carbocycles. The molecule has 1 aromatic heterocycles. The van der Waals surface area contributed by atoms with E-state index in [1.807, 2.05) is 18.5 Å². The summed E-state index contributed by atoms with van der Waals surface area (Å²) in [6.07, 6.45) is 12.5. The van der Waals surface area contributed by atoms with E-state index in [1.54, 1.807) is 0 Å². The van der Waals surface area contributed by atoms with Crippen molar-refractivity contribution in [2.45, 2.75) is 11.6 Å². The maximum atomic E-state index is 4.34. The molecule has 0 radical (unpaired) electrons. The van der Waals surface area contributed by atoms with Gasteiger partial charge in [-0.25, -0.2) is 0 Å². The Balaban J connectivity index is 1.13. The lowest BCUT2D eigenvalue weighted by molar-refractivity contribution is 0.794. The molecule has 0 fully saturated rings. The van der Waals surface area contributed by atoms with Crippen molar-refractivity contribution in [2.24, 2.45) is 0 Å². The second-order valence-corrected chi connectivity index (χ2v) is 13.6. The van der Waals surface area contributed by atoms with Crippen LogP contribution in [0.1, 0.15) is 22.3 Å². The molecule has 1 spiro atoms. The van der Waals surface area contributed by atoms with Gasteiger partial charge in [0.15, 0.2) is 0 Å². The third-order valence-electron chi connectivity index (χ3n) is 11.2. The first-order valence-electron chi connectivity index (χ1n) is 17.3. The zero-order chi connectivity index (χ0) is 32.8. The molecule has 4 aliphatic rings. The third-order valence-corrected chi connectivity index (χ3v) is 11.2. The van der Waals surface area contributed by atoms with E-state index in [0.29, 0.717) is 0 Å². The van der Waals surface area contributed by atoms with E-state index >= 15 is 0 Å². The summed E-state index contributed by atoms with van der Waals surface area (Å²) in [4.78, 5) is 6.68. The Morgan fingerprint density at radius 2 is 1.14 bits per heavy atom. The Hall–Kier alpha value is -6.45. The molecule has 1 atom stereocenters. The number of pyridine rings is 1. The minimum atomic E-state index is -0.371. The van der Waals surface area contributed by atoms with Crippen LogP contribution in [-0.4, -0.2) is 11.1 Å². The first kappa shape index (κ1) is 27.5. The predicted octanol–water partition coefficient (Wildman–Crippen LogP) is 11.1. The van der Waals surface area contributed by atoms with Gasteiger partial charge in [0, 0.05) is 24.2 Å². The number of rotatable bonds is 3. The largest absolute Gasteiger partial charge is 0.359 e. The van der Waals surface area contributed by atoms with Gasteiger partial charge in [0.1, 0.15) is 6.17 Å². The van der Waals surface area contributed by atoms with E-state index in [1.165, 1.54) is 72.4 Å². The van der Waals surface area contributed by atoms with Gasteiger partial charge in [0.25, 0.3) is 0 Å². The zero-order valence-corrected chi connectivity index (χ0v) is 27.2. The number of benzene rings is 6. The first-order chi connectivity index (χ1) is 24.8. The number of aromatic nitrogens is 1. The molecule has 3 nitrogen and oxygen atoms in total. The van der Waals surface area contributed by atoms with Gasteiger partial charge in [-0.05, 0) is 109 Å². The Bertz CT molecular complexity index is 2510. The second kappa shape index (κ2) is 10.3. The van der Waals surface area contributed by atoms with Gasteiger partial charge in [0.05, 0.1) is 16.8 Å². The van der Waals surface area contributed by atoms with Gasteiger partial charge in [-0.1, -0.05) is 121 Å². The Kier molecular flexibility index (Phi) is 5.65. The number of nitrogens with zero attached hydrogens (tertiary/aromatic N) is 2. The van der Waals surface area contributed by atoms with E-state index in [0.717, 1.165) is 16.8 Å². The highest BCUT2D eigenvalue weighted by atomic mass is 15.3. The highest BCUT2D eigenvalue weighted by Gasteiger charge is 2.51. The summed E-state index contributed by atoms with van der Waals surface area (Å²) in [5.41, 5.74) is 19.8. The lowest BCUT2D eigenvalue weighted by Crippen LogP contribution is -2.30. The van der Waals surface area contributed by atoms with Gasteiger partial charge in [-0.2, -0.15) is 0 Å². The van der Waals surface area contributed by atoms with Crippen LogP contribution in [0, 0.1) is 0 Å². The van der Waals surface area contributed by atoms with Crippen molar-refractivity contribution in [2.75, 3.05) is 10.2 Å². The summed E-state index contributed by atoms with van der Waals surface area (Å²) in [6.45, 7) is 0. The van der Waals surface area contributed by atoms with Crippen molar-refractivity contribution in [1.29, 1.82) is 0 Å². The standard InChI is InChI=1S/C47H31N3/c1-4-14-40-35(11-1)36-12-2-5-15-41(36)47(40)42-16-6-3-13-37(42)38-23-22-32(27-43(38)47)34-26-39(46-44(28-34)50-25-8-7-17-45(50)49-46)31-20-18-30(19-21-31)33-10-9-24-48-29-33/h1-29,45,49H. The third kappa shape index (κ3) is 3.66. The number of hydrogen-bond acceptors (Lipinski definition) is 3. The smallest absolute Gasteiger partial charge is 0.123 e. The maximum absolute atomic E-state index is 4.34. The average molecular weight is 638 g/mol. The molecule has 234 valence electrons. The van der Waals surface area contributed by atoms with E-state index in [2.05, 4.69) is 173 Å². The number of hydrogen-bond donors (Lipinski definition) is 1. The predicted molar refractivity (Wildman–Crippen MR) is 205 cm³/mol. The van der Waals surface area contributed by atoms with Crippen molar-refractivity contribution in [3.05, 3.63) is 199 Å². The molecule has 2 aliphatic heterocycles. The van der Waals surface area contributed by atoms with Crippen LogP contribution in [0.25, 0.3) is 55.6 Å². The molecule has 3 heterocycles. The van der Waals surface area contributed by atoms with Gasteiger partial charge in [-0.3, -0.25) is 4.98 Å². The van der Waals surface area contributed by atoms with Crippen LogP contribution in [0.3, 0.4) is 0 Å². The molecule has 11 rings (SSSR count). The van der Waals surface area contributed by atoms with Crippen LogP contribution < -0.4 is 10.2 Å². The topological polar surface area (TPSA) is 28.2 Å². The maximum Gasteiger partial charge on any atom is 0.123 e. The quantitative estimate of drug-likeness (QED) is 0.209.